The summed E-state index contributed by atoms with van der Waals surface area (Å²) < 4.78 is 6.16. The third-order valence-electron chi connectivity index (χ3n) is 3.74. The van der Waals surface area contributed by atoms with Gasteiger partial charge >= 0.3 is 0 Å². The summed E-state index contributed by atoms with van der Waals surface area (Å²) >= 11 is 7.36. The minimum atomic E-state index is -0.323. The predicted molar refractivity (Wildman–Crippen MR) is 119 cm³/mol. The van der Waals surface area contributed by atoms with E-state index < -0.39 is 0 Å². The Kier molecular flexibility index (Phi) is 6.77. The van der Waals surface area contributed by atoms with E-state index in [1.165, 1.54) is 0 Å². The SMILES string of the molecule is O=C(NC(=S)Nc1ccccc1C(=O)NCc1ccco1)c1cccc(I)c1. The highest BCUT2D eigenvalue weighted by molar-refractivity contribution is 14.1. The molecule has 28 heavy (non-hydrogen) atoms. The number of thiocarbonyl (C=S) groups is 1. The van der Waals surface area contributed by atoms with Crippen LogP contribution in [0.1, 0.15) is 26.5 Å². The highest BCUT2D eigenvalue weighted by atomic mass is 127. The van der Waals surface area contributed by atoms with Crippen LogP contribution in [0.2, 0.25) is 0 Å². The molecule has 0 saturated carbocycles. The number of furan rings is 1. The first kappa shape index (κ1) is 20.0. The van der Waals surface area contributed by atoms with Crippen LogP contribution in [0.15, 0.2) is 71.3 Å². The van der Waals surface area contributed by atoms with Gasteiger partial charge in [0.2, 0.25) is 0 Å². The van der Waals surface area contributed by atoms with E-state index in [-0.39, 0.29) is 23.5 Å². The van der Waals surface area contributed by atoms with E-state index in [0.29, 0.717) is 22.6 Å². The zero-order valence-corrected chi connectivity index (χ0v) is 17.5. The Morgan fingerprint density at radius 2 is 1.82 bits per heavy atom. The number of halogens is 1. The van der Waals surface area contributed by atoms with Gasteiger partial charge in [0.15, 0.2) is 5.11 Å². The second-order valence-corrected chi connectivity index (χ2v) is 7.38. The molecule has 142 valence electrons. The topological polar surface area (TPSA) is 83.4 Å². The fourth-order valence-electron chi connectivity index (χ4n) is 2.42. The maximum Gasteiger partial charge on any atom is 0.257 e. The van der Waals surface area contributed by atoms with Crippen molar-refractivity contribution in [2.24, 2.45) is 0 Å². The van der Waals surface area contributed by atoms with Crippen molar-refractivity contribution in [3.63, 3.8) is 0 Å². The van der Waals surface area contributed by atoms with Gasteiger partial charge in [-0.05, 0) is 77.3 Å². The molecule has 0 atom stereocenters. The molecule has 0 bridgehead atoms. The lowest BCUT2D eigenvalue weighted by Gasteiger charge is -2.13. The van der Waals surface area contributed by atoms with Crippen LogP contribution in [0.25, 0.3) is 0 Å². The van der Waals surface area contributed by atoms with Crippen LogP contribution in [0.4, 0.5) is 5.69 Å². The number of para-hydroxylation sites is 1. The molecule has 1 heterocycles. The first-order valence-electron chi connectivity index (χ1n) is 8.30. The zero-order chi connectivity index (χ0) is 19.9. The molecule has 1 aromatic heterocycles. The minimum Gasteiger partial charge on any atom is -0.467 e. The van der Waals surface area contributed by atoms with Gasteiger partial charge in [0.05, 0.1) is 24.1 Å². The Morgan fingerprint density at radius 1 is 1.00 bits per heavy atom. The molecule has 0 unspecified atom stereocenters. The molecule has 0 aliphatic rings. The third-order valence-corrected chi connectivity index (χ3v) is 4.61. The maximum atomic E-state index is 12.5. The molecule has 3 aromatic rings. The normalized spacial score (nSPS) is 10.2. The molecule has 0 fully saturated rings. The van der Waals surface area contributed by atoms with Gasteiger partial charge in [0, 0.05) is 9.13 Å². The van der Waals surface area contributed by atoms with Gasteiger partial charge in [-0.2, -0.15) is 0 Å². The van der Waals surface area contributed by atoms with E-state index in [1.54, 1.807) is 60.9 Å². The second kappa shape index (κ2) is 9.47. The summed E-state index contributed by atoms with van der Waals surface area (Å²) in [6.45, 7) is 0.272. The molecule has 3 N–H and O–H groups in total. The van der Waals surface area contributed by atoms with Gasteiger partial charge in [-0.25, -0.2) is 0 Å². The maximum absolute atomic E-state index is 12.5. The van der Waals surface area contributed by atoms with Gasteiger partial charge in [0.25, 0.3) is 11.8 Å². The average Bonchev–Trinajstić information content (AvgIpc) is 3.20. The number of hydrogen-bond acceptors (Lipinski definition) is 4. The molecule has 8 heteroatoms. The Morgan fingerprint density at radius 3 is 2.57 bits per heavy atom. The fraction of sp³-hybridized carbons (Fsp3) is 0.0500. The zero-order valence-electron chi connectivity index (χ0n) is 14.6. The van der Waals surface area contributed by atoms with E-state index in [9.17, 15) is 9.59 Å². The van der Waals surface area contributed by atoms with Crippen LogP contribution < -0.4 is 16.0 Å². The number of rotatable bonds is 5. The monoisotopic (exact) mass is 505 g/mol. The van der Waals surface area contributed by atoms with Crippen LogP contribution >= 0.6 is 34.8 Å². The number of hydrogen-bond donors (Lipinski definition) is 3. The van der Waals surface area contributed by atoms with Crippen molar-refractivity contribution in [1.82, 2.24) is 10.6 Å². The number of nitrogens with one attached hydrogen (secondary N) is 3. The molecule has 0 radical (unpaired) electrons. The third kappa shape index (κ3) is 5.40. The average molecular weight is 505 g/mol. The van der Waals surface area contributed by atoms with E-state index >= 15 is 0 Å². The molecule has 2 amide bonds. The van der Waals surface area contributed by atoms with Gasteiger partial charge in [0.1, 0.15) is 5.76 Å². The lowest BCUT2D eigenvalue weighted by molar-refractivity contribution is 0.0947. The number of amides is 2. The predicted octanol–water partition coefficient (Wildman–Crippen LogP) is 3.94. The Hall–Kier alpha value is -2.72. The lowest BCUT2D eigenvalue weighted by Crippen LogP contribution is -2.35. The summed E-state index contributed by atoms with van der Waals surface area (Å²) in [7, 11) is 0. The summed E-state index contributed by atoms with van der Waals surface area (Å²) in [6, 6.07) is 17.6. The van der Waals surface area contributed by atoms with Gasteiger partial charge in [-0.1, -0.05) is 18.2 Å². The van der Waals surface area contributed by atoms with Gasteiger partial charge in [-0.15, -0.1) is 0 Å². The summed E-state index contributed by atoms with van der Waals surface area (Å²) in [5.74, 6) is 0.0427. The highest BCUT2D eigenvalue weighted by Crippen LogP contribution is 2.15. The number of carbonyl (C=O) groups is 2. The summed E-state index contributed by atoms with van der Waals surface area (Å²) in [5, 5.41) is 8.43. The smallest absolute Gasteiger partial charge is 0.257 e. The largest absolute Gasteiger partial charge is 0.467 e. The first-order chi connectivity index (χ1) is 13.5. The molecule has 0 spiro atoms. The molecule has 0 saturated heterocycles. The van der Waals surface area contributed by atoms with Crippen LogP contribution in [-0.4, -0.2) is 16.9 Å². The summed E-state index contributed by atoms with van der Waals surface area (Å²) in [4.78, 5) is 24.8. The molecule has 2 aromatic carbocycles. The van der Waals surface area contributed by atoms with E-state index in [0.717, 1.165) is 3.57 Å². The molecule has 6 nitrogen and oxygen atoms in total. The van der Waals surface area contributed by atoms with Crippen molar-refractivity contribution in [2.45, 2.75) is 6.54 Å². The van der Waals surface area contributed by atoms with Crippen molar-refractivity contribution >= 4 is 57.4 Å². The van der Waals surface area contributed by atoms with Crippen molar-refractivity contribution in [2.75, 3.05) is 5.32 Å². The Bertz CT molecular complexity index is 1010. The van der Waals surface area contributed by atoms with Crippen molar-refractivity contribution in [3.05, 3.63) is 87.4 Å². The van der Waals surface area contributed by atoms with Gasteiger partial charge < -0.3 is 15.1 Å². The molecule has 0 aliphatic heterocycles. The first-order valence-corrected chi connectivity index (χ1v) is 9.79. The summed E-state index contributed by atoms with van der Waals surface area (Å²) in [5.41, 5.74) is 1.40. The van der Waals surface area contributed by atoms with Gasteiger partial charge in [-0.3, -0.25) is 14.9 Å². The van der Waals surface area contributed by atoms with Crippen molar-refractivity contribution in [3.8, 4) is 0 Å². The Balaban J connectivity index is 1.64. The highest BCUT2D eigenvalue weighted by Gasteiger charge is 2.14. The summed E-state index contributed by atoms with van der Waals surface area (Å²) in [6.07, 6.45) is 1.55. The van der Waals surface area contributed by atoms with Crippen LogP contribution in [0.3, 0.4) is 0 Å². The molecule has 3 rings (SSSR count). The standard InChI is InChI=1S/C20H16IN3O3S/c21-14-6-3-5-13(11-14)18(25)24-20(28)23-17-9-2-1-8-16(17)19(26)22-12-15-7-4-10-27-15/h1-11H,12H2,(H,22,26)(H2,23,24,25,28). The van der Waals surface area contributed by atoms with Crippen LogP contribution in [0, 0.1) is 3.57 Å². The lowest BCUT2D eigenvalue weighted by atomic mass is 10.1. The second-order valence-electron chi connectivity index (χ2n) is 5.73. The van der Waals surface area contributed by atoms with Crippen LogP contribution in [-0.2, 0) is 6.54 Å². The minimum absolute atomic E-state index is 0.107. The number of benzene rings is 2. The van der Waals surface area contributed by atoms with E-state index in [1.807, 2.05) is 6.07 Å². The van der Waals surface area contributed by atoms with E-state index in [4.69, 9.17) is 16.6 Å². The van der Waals surface area contributed by atoms with Crippen LogP contribution in [0.5, 0.6) is 0 Å². The van der Waals surface area contributed by atoms with Crippen molar-refractivity contribution in [1.29, 1.82) is 0 Å². The van der Waals surface area contributed by atoms with Crippen molar-refractivity contribution < 1.29 is 14.0 Å². The number of anilines is 1. The van der Waals surface area contributed by atoms with E-state index in [2.05, 4.69) is 38.5 Å². The Labute approximate surface area is 180 Å². The molecular formula is C20H16IN3O3S. The number of carbonyl (C=O) groups excluding carboxylic acids is 2. The quantitative estimate of drug-likeness (QED) is 0.362. The fourth-order valence-corrected chi connectivity index (χ4v) is 3.17. The molecular weight excluding hydrogens is 489 g/mol. The molecule has 0 aliphatic carbocycles.